The molecular weight excluding hydrogens is 448 g/mol. The highest BCUT2D eigenvalue weighted by Gasteiger charge is 2.29. The molecule has 7 heteroatoms. The van der Waals surface area contributed by atoms with Crippen LogP contribution in [0.2, 0.25) is 0 Å². The minimum atomic E-state index is -0.131. The van der Waals surface area contributed by atoms with Gasteiger partial charge in [0.05, 0.1) is 18.2 Å². The van der Waals surface area contributed by atoms with Gasteiger partial charge in [0.25, 0.3) is 5.91 Å². The molecule has 2 aliphatic rings. The quantitative estimate of drug-likeness (QED) is 0.621. The van der Waals surface area contributed by atoms with Crippen molar-refractivity contribution >= 4 is 27.7 Å². The van der Waals surface area contributed by atoms with E-state index in [1.165, 1.54) is 19.3 Å². The maximum absolute atomic E-state index is 12.8. The van der Waals surface area contributed by atoms with Crippen LogP contribution < -0.4 is 14.8 Å². The van der Waals surface area contributed by atoms with Crippen LogP contribution in [-0.4, -0.2) is 49.6 Å². The average molecular weight is 481 g/mol. The van der Waals surface area contributed by atoms with Crippen molar-refractivity contribution in [1.29, 1.82) is 0 Å². The van der Waals surface area contributed by atoms with Crippen LogP contribution in [0.25, 0.3) is 0 Å². The van der Waals surface area contributed by atoms with Gasteiger partial charge in [0, 0.05) is 30.6 Å². The fourth-order valence-electron chi connectivity index (χ4n) is 4.32. The van der Waals surface area contributed by atoms with Crippen LogP contribution in [0.1, 0.15) is 68.6 Å². The number of hydrogen-bond donors (Lipinski definition) is 1. The first-order valence-electron chi connectivity index (χ1n) is 11.1. The molecule has 2 amide bonds. The molecule has 1 saturated heterocycles. The van der Waals surface area contributed by atoms with E-state index >= 15 is 0 Å². The predicted molar refractivity (Wildman–Crippen MR) is 120 cm³/mol. The lowest BCUT2D eigenvalue weighted by molar-refractivity contribution is -0.137. The maximum atomic E-state index is 12.8. The van der Waals surface area contributed by atoms with E-state index in [1.807, 2.05) is 11.8 Å². The zero-order valence-electron chi connectivity index (χ0n) is 18.0. The third kappa shape index (κ3) is 5.68. The highest BCUT2D eigenvalue weighted by atomic mass is 79.9. The third-order valence-electron chi connectivity index (χ3n) is 6.04. The summed E-state index contributed by atoms with van der Waals surface area (Å²) < 4.78 is 11.9. The molecule has 0 unspecified atom stereocenters. The summed E-state index contributed by atoms with van der Waals surface area (Å²) in [5.41, 5.74) is 0.531. The van der Waals surface area contributed by atoms with Gasteiger partial charge in [0.1, 0.15) is 0 Å². The number of methoxy groups -OCH3 is 1. The van der Waals surface area contributed by atoms with Crippen molar-refractivity contribution in [3.63, 3.8) is 0 Å². The molecule has 0 aromatic heterocycles. The number of likely N-dealkylation sites (tertiary alicyclic amines) is 1. The molecule has 1 saturated carbocycles. The molecule has 0 radical (unpaired) electrons. The lowest BCUT2D eigenvalue weighted by atomic mass is 9.87. The lowest BCUT2D eigenvalue weighted by Crippen LogP contribution is -2.48. The van der Waals surface area contributed by atoms with E-state index in [1.54, 1.807) is 19.2 Å². The summed E-state index contributed by atoms with van der Waals surface area (Å²) in [4.78, 5) is 27.5. The molecule has 1 aliphatic carbocycles. The zero-order valence-corrected chi connectivity index (χ0v) is 19.6. The second kappa shape index (κ2) is 11.0. The van der Waals surface area contributed by atoms with Crippen LogP contribution in [-0.2, 0) is 4.79 Å². The fraction of sp³-hybridized carbons (Fsp3) is 0.652. The standard InChI is InChI=1S/C23H33BrN2O4/c1-3-13-30-21-19(24)14-17(15-20(21)29-2)22(27)25-18-9-11-26(12-10-18)23(28)16-7-5-4-6-8-16/h14-16,18H,3-13H2,1-2H3,(H,25,27). The van der Waals surface area contributed by atoms with Gasteiger partial charge in [-0.3, -0.25) is 9.59 Å². The van der Waals surface area contributed by atoms with Gasteiger partial charge in [0.15, 0.2) is 11.5 Å². The second-order valence-corrected chi connectivity index (χ2v) is 9.10. The van der Waals surface area contributed by atoms with Crippen molar-refractivity contribution in [3.8, 4) is 11.5 Å². The molecule has 1 N–H and O–H groups in total. The number of amides is 2. The van der Waals surface area contributed by atoms with Gasteiger partial charge in [-0.05, 0) is 60.2 Å². The van der Waals surface area contributed by atoms with Crippen molar-refractivity contribution in [2.45, 2.75) is 64.3 Å². The first kappa shape index (κ1) is 22.9. The summed E-state index contributed by atoms with van der Waals surface area (Å²) in [6.45, 7) is 4.06. The Kier molecular flexibility index (Phi) is 8.42. The van der Waals surface area contributed by atoms with Crippen molar-refractivity contribution < 1.29 is 19.1 Å². The number of halogens is 1. The number of carbonyl (C=O) groups is 2. The van der Waals surface area contributed by atoms with Gasteiger partial charge in [-0.25, -0.2) is 0 Å². The van der Waals surface area contributed by atoms with E-state index in [9.17, 15) is 9.59 Å². The van der Waals surface area contributed by atoms with Crippen molar-refractivity contribution in [2.24, 2.45) is 5.92 Å². The molecule has 2 fully saturated rings. The highest BCUT2D eigenvalue weighted by Crippen LogP contribution is 2.37. The van der Waals surface area contributed by atoms with E-state index in [2.05, 4.69) is 21.2 Å². The van der Waals surface area contributed by atoms with Crippen LogP contribution in [0, 0.1) is 5.92 Å². The minimum Gasteiger partial charge on any atom is -0.493 e. The largest absolute Gasteiger partial charge is 0.493 e. The number of nitrogens with zero attached hydrogens (tertiary/aromatic N) is 1. The molecule has 0 atom stereocenters. The molecule has 1 aromatic rings. The number of piperidine rings is 1. The summed E-state index contributed by atoms with van der Waals surface area (Å²) in [6.07, 6.45) is 8.13. The fourth-order valence-corrected chi connectivity index (χ4v) is 4.87. The smallest absolute Gasteiger partial charge is 0.251 e. The number of rotatable bonds is 7. The first-order valence-corrected chi connectivity index (χ1v) is 11.9. The first-order chi connectivity index (χ1) is 14.5. The van der Waals surface area contributed by atoms with E-state index in [0.29, 0.717) is 34.0 Å². The molecular formula is C23H33BrN2O4. The Morgan fingerprint density at radius 3 is 2.47 bits per heavy atom. The van der Waals surface area contributed by atoms with Crippen molar-refractivity contribution in [2.75, 3.05) is 26.8 Å². The maximum Gasteiger partial charge on any atom is 0.251 e. The molecule has 3 rings (SSSR count). The highest BCUT2D eigenvalue weighted by molar-refractivity contribution is 9.10. The van der Waals surface area contributed by atoms with Gasteiger partial charge in [-0.2, -0.15) is 0 Å². The zero-order chi connectivity index (χ0) is 21.5. The second-order valence-electron chi connectivity index (χ2n) is 8.25. The number of benzene rings is 1. The van der Waals surface area contributed by atoms with Crippen LogP contribution in [0.3, 0.4) is 0 Å². The Bertz CT molecular complexity index is 741. The van der Waals surface area contributed by atoms with Gasteiger partial charge in [-0.1, -0.05) is 26.2 Å². The summed E-state index contributed by atoms with van der Waals surface area (Å²) >= 11 is 3.49. The third-order valence-corrected chi connectivity index (χ3v) is 6.63. The SMILES string of the molecule is CCCOc1c(Br)cc(C(=O)NC2CCN(C(=O)C3CCCCC3)CC2)cc1OC. The summed E-state index contributed by atoms with van der Waals surface area (Å²) in [5, 5.41) is 3.12. The molecule has 1 aliphatic heterocycles. The van der Waals surface area contributed by atoms with E-state index in [0.717, 1.165) is 45.2 Å². The topological polar surface area (TPSA) is 67.9 Å². The molecule has 6 nitrogen and oxygen atoms in total. The molecule has 0 bridgehead atoms. The predicted octanol–water partition coefficient (Wildman–Crippen LogP) is 4.55. The number of ether oxygens (including phenoxy) is 2. The van der Waals surface area contributed by atoms with Gasteiger partial charge >= 0.3 is 0 Å². The summed E-state index contributed by atoms with van der Waals surface area (Å²) in [7, 11) is 1.57. The van der Waals surface area contributed by atoms with E-state index in [4.69, 9.17) is 9.47 Å². The van der Waals surface area contributed by atoms with E-state index in [-0.39, 0.29) is 17.9 Å². The van der Waals surface area contributed by atoms with E-state index < -0.39 is 0 Å². The molecule has 1 aromatic carbocycles. The summed E-state index contributed by atoms with van der Waals surface area (Å²) in [6, 6.07) is 3.56. The normalized spacial score (nSPS) is 18.2. The molecule has 0 spiro atoms. The Morgan fingerprint density at radius 1 is 1.13 bits per heavy atom. The lowest BCUT2D eigenvalue weighted by Gasteiger charge is -2.35. The van der Waals surface area contributed by atoms with Gasteiger partial charge < -0.3 is 19.7 Å². The Labute approximate surface area is 187 Å². The van der Waals surface area contributed by atoms with Crippen molar-refractivity contribution in [3.05, 3.63) is 22.2 Å². The Balaban J connectivity index is 1.55. The summed E-state index contributed by atoms with van der Waals surface area (Å²) in [5.74, 6) is 1.55. The van der Waals surface area contributed by atoms with Gasteiger partial charge in [0.2, 0.25) is 5.91 Å². The van der Waals surface area contributed by atoms with Gasteiger partial charge in [-0.15, -0.1) is 0 Å². The van der Waals surface area contributed by atoms with Crippen LogP contribution in [0.15, 0.2) is 16.6 Å². The Morgan fingerprint density at radius 2 is 1.83 bits per heavy atom. The molecule has 30 heavy (non-hydrogen) atoms. The average Bonchev–Trinajstić information content (AvgIpc) is 2.78. The van der Waals surface area contributed by atoms with Crippen LogP contribution >= 0.6 is 15.9 Å². The van der Waals surface area contributed by atoms with Crippen molar-refractivity contribution in [1.82, 2.24) is 10.2 Å². The minimum absolute atomic E-state index is 0.0775. The number of nitrogens with one attached hydrogen (secondary N) is 1. The van der Waals surface area contributed by atoms with Crippen LogP contribution in [0.4, 0.5) is 0 Å². The number of hydrogen-bond acceptors (Lipinski definition) is 4. The monoisotopic (exact) mass is 480 g/mol. The Hall–Kier alpha value is -1.76. The molecule has 166 valence electrons. The van der Waals surface area contributed by atoms with Crippen LogP contribution in [0.5, 0.6) is 11.5 Å². The number of carbonyl (C=O) groups excluding carboxylic acids is 2. The molecule has 1 heterocycles.